The van der Waals surface area contributed by atoms with E-state index in [1.807, 2.05) is 294 Å². The lowest BCUT2D eigenvalue weighted by Crippen LogP contribution is -2.61. The van der Waals surface area contributed by atoms with Crippen LogP contribution in [0, 0.1) is 48.5 Å². The predicted molar refractivity (Wildman–Crippen MR) is 495 cm³/mol. The van der Waals surface area contributed by atoms with Crippen molar-refractivity contribution in [2.45, 2.75) is 186 Å². The average Bonchev–Trinajstić information content (AvgIpc) is 1.76. The van der Waals surface area contributed by atoms with E-state index in [9.17, 15) is 0 Å². The van der Waals surface area contributed by atoms with Crippen LogP contribution in [0.25, 0.3) is 0 Å². The van der Waals surface area contributed by atoms with Crippen molar-refractivity contribution < 1.29 is 30.9 Å². The molecule has 0 spiro atoms. The van der Waals surface area contributed by atoms with Gasteiger partial charge in [0, 0.05) is 91.6 Å². The van der Waals surface area contributed by atoms with E-state index >= 15 is 0 Å². The molecule has 0 aromatic carbocycles. The summed E-state index contributed by atoms with van der Waals surface area (Å²) in [5, 5.41) is 33.9. The summed E-state index contributed by atoms with van der Waals surface area (Å²) >= 11 is 0. The van der Waals surface area contributed by atoms with E-state index in [-0.39, 0.29) is 43.2 Å². The van der Waals surface area contributed by atoms with Gasteiger partial charge in [-0.2, -0.15) is 0 Å². The lowest BCUT2D eigenvalue weighted by Gasteiger charge is -2.35. The molecule has 1 fully saturated rings. The highest BCUT2D eigenvalue weighted by molar-refractivity contribution is 6.04. The Morgan fingerprint density at radius 1 is 0.312 bits per heavy atom. The van der Waals surface area contributed by atoms with E-state index in [0.717, 1.165) is 128 Å². The molecule has 0 aliphatic carbocycles. The van der Waals surface area contributed by atoms with Crippen LogP contribution in [0.5, 0.6) is 0 Å². The Labute approximate surface area is 733 Å². The molecule has 125 heavy (non-hydrogen) atoms. The summed E-state index contributed by atoms with van der Waals surface area (Å²) < 4.78 is 38.6. The number of hydrogen-bond acceptors (Lipinski definition) is 33. The van der Waals surface area contributed by atoms with Crippen molar-refractivity contribution in [2.24, 2.45) is 81.4 Å². The fourth-order valence-electron chi connectivity index (χ4n) is 12.2. The first-order valence-corrected chi connectivity index (χ1v) is 41.0. The quantitative estimate of drug-likeness (QED) is 0.0582. The lowest BCUT2D eigenvalue weighted by molar-refractivity contribution is 0.362. The first-order chi connectivity index (χ1) is 59.3. The molecule has 0 saturated carbocycles. The van der Waals surface area contributed by atoms with Gasteiger partial charge in [0.05, 0.1) is 32.3 Å². The molecule has 42 heteroatoms. The lowest BCUT2D eigenvalue weighted by atomic mass is 10.4. The topological polar surface area (TPSA) is 475 Å². The second-order valence-electron chi connectivity index (χ2n) is 30.7. The number of aryl methyl sites for hydroxylation is 7. The molecule has 0 amide bonds. The van der Waals surface area contributed by atoms with Gasteiger partial charge in [-0.1, -0.05) is 0 Å². The standard InChI is InChI=1S/C14H23N5O.C13H21N5O.2C12H19N5O.2C11H17N5O.C10H15N5O/c1-10-7-8-12(20-10)9-18(5)14-16-11(2)15-13(17(3)4)19(14)6;1-9-6-7-11(19-9)8-18(5)13-15-10(2)14-12(16-13)17(3)4;1-8-5-6-10(18-8)7-13-11-14-9(2)15-12(16-11)17(3)4;1-8-5-6-10(18-8)7-17(4)12-15-9(2)14-11(13-3)16-12;1-7-4-5-9(17-7)6-16(3)11-14-8(2)13-10(12)15-11;1-7-4-5-9(17-7)6-13-11-15-8(2)14-10(12-3)16-11;1-6-3-4-8(16-6)5-12-10-14-7(2)13-9(11)15-10/h7-8,11H,9H2,1-6H3;6-7,10H,8H2,1-5H3,(H,14,15,16);2*5-6,9H,7H2,1-4H3,(H2,13,14,15,16);4-5,8H,6H2,1-3H3,(H3,12,13,14,15);4-5,8H,6H2,1-3H3,(H3,12,13,14,15,16);3-4,7H,5H2,1-2H3,(H4,11,12,13,14,15). The second kappa shape index (κ2) is 46.4. The molecule has 7 aromatic rings. The van der Waals surface area contributed by atoms with Crippen LogP contribution in [0.15, 0.2) is 186 Å². The highest BCUT2D eigenvalue weighted by atomic mass is 16.4. The normalized spacial score (nSPS) is 20.7. The molecule has 14 rings (SSSR count). The van der Waals surface area contributed by atoms with Crippen molar-refractivity contribution in [3.63, 3.8) is 0 Å². The average molecular weight is 1730 g/mol. The summed E-state index contributed by atoms with van der Waals surface area (Å²) in [7, 11) is 25.1. The smallest absolute Gasteiger partial charge is 0.205 e. The van der Waals surface area contributed by atoms with Gasteiger partial charge in [0.25, 0.3) is 0 Å². The minimum Gasteiger partial charge on any atom is -0.464 e. The minimum atomic E-state index is -0.146. The number of rotatable bonds is 14. The van der Waals surface area contributed by atoms with Gasteiger partial charge in [-0.05, 0) is 182 Å². The van der Waals surface area contributed by atoms with Crippen molar-refractivity contribution in [3.8, 4) is 0 Å². The van der Waals surface area contributed by atoms with Gasteiger partial charge in [0.2, 0.25) is 41.7 Å². The number of nitrogens with zero attached hydrogens (tertiary/aromatic N) is 22. The number of guanidine groups is 14. The van der Waals surface area contributed by atoms with Crippen LogP contribution in [-0.2, 0) is 45.8 Å². The van der Waals surface area contributed by atoms with Crippen LogP contribution in [0.4, 0.5) is 0 Å². The minimum absolute atomic E-state index is 0.0146. The van der Waals surface area contributed by atoms with Gasteiger partial charge in [-0.3, -0.25) is 46.8 Å². The fraction of sp³-hybridized carbons (Fsp3) is 0.494. The molecular weight excluding hydrogens is 1600 g/mol. The Bertz CT molecular complexity index is 5060. The molecule has 7 aliphatic heterocycles. The maximum absolute atomic E-state index is 5.66. The zero-order valence-corrected chi connectivity index (χ0v) is 77.4. The molecule has 15 N–H and O–H groups in total. The van der Waals surface area contributed by atoms with Crippen molar-refractivity contribution in [1.82, 2.24) is 97.7 Å². The van der Waals surface area contributed by atoms with Crippen molar-refractivity contribution in [1.29, 1.82) is 0 Å². The van der Waals surface area contributed by atoms with E-state index in [0.29, 0.717) is 81.6 Å². The fourth-order valence-corrected chi connectivity index (χ4v) is 12.2. The molecule has 7 aromatic heterocycles. The predicted octanol–water partition coefficient (Wildman–Crippen LogP) is 6.12. The third-order valence-electron chi connectivity index (χ3n) is 18.0. The van der Waals surface area contributed by atoms with Gasteiger partial charge in [-0.15, -0.1) is 0 Å². The van der Waals surface area contributed by atoms with E-state index in [4.69, 9.17) is 42.4 Å². The summed E-state index contributed by atoms with van der Waals surface area (Å²) in [4.78, 5) is 76.6. The zero-order chi connectivity index (χ0) is 91.3. The van der Waals surface area contributed by atoms with Crippen molar-refractivity contribution in [2.75, 3.05) is 91.6 Å². The van der Waals surface area contributed by atoms with Gasteiger partial charge >= 0.3 is 0 Å². The SMILES string of the molecule is CN=C1NC(=NCc2ccc(C)o2)NC(C)N1.CN=C1NC(N(C)Cc2ccc(C)o2)=NC(C)N1.Cc1ccc(CN(C)C2=NC(C)N=C(N(C)C)N2)o1.Cc1ccc(CN(C)C2=NC(C)N=C(N(C)C)N2C)o1.Cc1ccc(CN(C)C2=NC(C)N=C(N)N2)o1.Cc1ccc(CN=C2NC(N(C)C)=NC(C)N2)o1.Cc1ccc(CN=C2NC(N)=NC(C)N2)o1. The Hall–Kier alpha value is -13.9. The molecule has 0 bridgehead atoms. The first kappa shape index (κ1) is 96.6. The maximum Gasteiger partial charge on any atom is 0.205 e. The van der Waals surface area contributed by atoms with Gasteiger partial charge < -0.3 is 103 Å². The number of furan rings is 7. The monoisotopic (exact) mass is 1730 g/mol. The third kappa shape index (κ3) is 32.2. The Kier molecular flexibility index (Phi) is 35.9. The summed E-state index contributed by atoms with van der Waals surface area (Å²) in [6.45, 7) is 31.4. The summed E-state index contributed by atoms with van der Waals surface area (Å²) in [5.41, 5.74) is 11.2. The molecule has 7 atom stereocenters. The summed E-state index contributed by atoms with van der Waals surface area (Å²) in [6.07, 6.45) is -0.215. The molecule has 0 radical (unpaired) electrons. The number of hydrogen-bond donors (Lipinski definition) is 13. The third-order valence-corrected chi connectivity index (χ3v) is 18.0. The number of nitrogens with two attached hydrogens (primary N) is 2. The van der Waals surface area contributed by atoms with Crippen LogP contribution in [0.1, 0.15) is 129 Å². The maximum atomic E-state index is 5.66. The number of aliphatic imine (C=N–C) groups is 14. The van der Waals surface area contributed by atoms with Crippen LogP contribution < -0.4 is 70.0 Å². The molecule has 14 heterocycles. The van der Waals surface area contributed by atoms with E-state index in [2.05, 4.69) is 133 Å². The van der Waals surface area contributed by atoms with Gasteiger partial charge in [0.1, 0.15) is 137 Å². The first-order valence-electron chi connectivity index (χ1n) is 41.0. The zero-order valence-electron chi connectivity index (χ0n) is 77.4. The summed E-state index contributed by atoms with van der Waals surface area (Å²) in [6, 6.07) is 27.3. The van der Waals surface area contributed by atoms with Crippen molar-refractivity contribution in [3.05, 3.63) is 166 Å². The second-order valence-corrected chi connectivity index (χ2v) is 30.7. The molecule has 1 saturated heterocycles. The highest BCUT2D eigenvalue weighted by Crippen LogP contribution is 2.18. The molecule has 42 nitrogen and oxygen atoms in total. The largest absolute Gasteiger partial charge is 0.464 e. The molecule has 7 unspecified atom stereocenters. The van der Waals surface area contributed by atoms with E-state index in [1.165, 1.54) is 0 Å². The molecule has 7 aliphatic rings. The van der Waals surface area contributed by atoms with Crippen LogP contribution in [0.3, 0.4) is 0 Å². The Morgan fingerprint density at radius 3 is 0.992 bits per heavy atom. The van der Waals surface area contributed by atoms with Crippen LogP contribution >= 0.6 is 0 Å². The Balaban J connectivity index is 0.000000181. The highest BCUT2D eigenvalue weighted by Gasteiger charge is 2.27. The number of nitrogens with one attached hydrogen (secondary N) is 11. The van der Waals surface area contributed by atoms with Crippen LogP contribution in [0.2, 0.25) is 0 Å². The van der Waals surface area contributed by atoms with Gasteiger partial charge in [0.15, 0.2) is 41.7 Å². The van der Waals surface area contributed by atoms with Crippen molar-refractivity contribution >= 4 is 83.4 Å². The summed E-state index contributed by atoms with van der Waals surface area (Å²) in [5.74, 6) is 22.5. The van der Waals surface area contributed by atoms with Gasteiger partial charge in [-0.25, -0.2) is 59.9 Å². The van der Waals surface area contributed by atoms with E-state index < -0.39 is 0 Å². The van der Waals surface area contributed by atoms with Crippen LogP contribution in [-0.4, -0.2) is 257 Å². The molecule has 680 valence electrons. The molecular formula is C83H131N35O7. The van der Waals surface area contributed by atoms with E-state index in [1.54, 1.807) is 14.1 Å². The Morgan fingerprint density at radius 2 is 0.608 bits per heavy atom.